The van der Waals surface area contributed by atoms with E-state index in [0.29, 0.717) is 12.1 Å². The molecule has 1 aliphatic rings. The standard InChI is InChI=1S/C11H23NO2/c1-11(2,3)14-8-9-6-10(13-5)7-12(9)4/h9-10H,6-8H2,1-5H3/t9-,10+/m1/s1. The molecule has 0 aliphatic carbocycles. The summed E-state index contributed by atoms with van der Waals surface area (Å²) < 4.78 is 11.1. The van der Waals surface area contributed by atoms with Crippen molar-refractivity contribution >= 4 is 0 Å². The number of likely N-dealkylation sites (tertiary alicyclic amines) is 1. The van der Waals surface area contributed by atoms with Crippen molar-refractivity contribution in [2.24, 2.45) is 0 Å². The fraction of sp³-hybridized carbons (Fsp3) is 1.00. The molecule has 0 aromatic rings. The van der Waals surface area contributed by atoms with Crippen LogP contribution in [0.3, 0.4) is 0 Å². The van der Waals surface area contributed by atoms with Crippen LogP contribution in [0.5, 0.6) is 0 Å². The van der Waals surface area contributed by atoms with Gasteiger partial charge in [-0.3, -0.25) is 4.90 Å². The first-order valence-electron chi connectivity index (χ1n) is 5.29. The summed E-state index contributed by atoms with van der Waals surface area (Å²) in [4.78, 5) is 2.32. The summed E-state index contributed by atoms with van der Waals surface area (Å²) in [5.74, 6) is 0. The Morgan fingerprint density at radius 3 is 2.43 bits per heavy atom. The third-order valence-electron chi connectivity index (χ3n) is 2.69. The van der Waals surface area contributed by atoms with Gasteiger partial charge in [-0.25, -0.2) is 0 Å². The molecule has 0 saturated carbocycles. The maximum absolute atomic E-state index is 5.78. The Hall–Kier alpha value is -0.120. The van der Waals surface area contributed by atoms with Crippen molar-refractivity contribution in [2.75, 3.05) is 27.3 Å². The van der Waals surface area contributed by atoms with E-state index in [1.54, 1.807) is 7.11 Å². The molecular formula is C11H23NO2. The number of nitrogens with zero attached hydrogens (tertiary/aromatic N) is 1. The third-order valence-corrected chi connectivity index (χ3v) is 2.69. The van der Waals surface area contributed by atoms with Gasteiger partial charge in [-0.05, 0) is 34.2 Å². The summed E-state index contributed by atoms with van der Waals surface area (Å²) in [5.41, 5.74) is -0.0357. The fourth-order valence-electron chi connectivity index (χ4n) is 1.74. The highest BCUT2D eigenvalue weighted by Crippen LogP contribution is 2.20. The molecule has 0 N–H and O–H groups in total. The van der Waals surface area contributed by atoms with Crippen LogP contribution >= 0.6 is 0 Å². The molecule has 84 valence electrons. The van der Waals surface area contributed by atoms with Crippen molar-refractivity contribution in [3.8, 4) is 0 Å². The first-order chi connectivity index (χ1) is 6.42. The topological polar surface area (TPSA) is 21.7 Å². The van der Waals surface area contributed by atoms with Crippen LogP contribution in [0.1, 0.15) is 27.2 Å². The molecule has 14 heavy (non-hydrogen) atoms. The largest absolute Gasteiger partial charge is 0.380 e. The Bertz CT molecular complexity index is 177. The van der Waals surface area contributed by atoms with Gasteiger partial charge in [0.2, 0.25) is 0 Å². The average Bonchev–Trinajstić information content (AvgIpc) is 2.42. The van der Waals surface area contributed by atoms with Crippen LogP contribution in [0.4, 0.5) is 0 Å². The number of hydrogen-bond acceptors (Lipinski definition) is 3. The fourth-order valence-corrected chi connectivity index (χ4v) is 1.74. The SMILES string of the molecule is CO[C@H]1C[C@H](COC(C)(C)C)N(C)C1. The summed E-state index contributed by atoms with van der Waals surface area (Å²) >= 11 is 0. The van der Waals surface area contributed by atoms with Gasteiger partial charge in [0, 0.05) is 19.7 Å². The molecule has 0 amide bonds. The second-order valence-electron chi connectivity index (χ2n) is 5.11. The number of methoxy groups -OCH3 is 1. The maximum Gasteiger partial charge on any atom is 0.0714 e. The molecular weight excluding hydrogens is 178 g/mol. The Morgan fingerprint density at radius 1 is 1.36 bits per heavy atom. The van der Waals surface area contributed by atoms with Crippen molar-refractivity contribution < 1.29 is 9.47 Å². The van der Waals surface area contributed by atoms with Crippen LogP contribution < -0.4 is 0 Å². The van der Waals surface area contributed by atoms with Crippen molar-refractivity contribution in [3.05, 3.63) is 0 Å². The van der Waals surface area contributed by atoms with Gasteiger partial charge >= 0.3 is 0 Å². The molecule has 0 radical (unpaired) electrons. The van der Waals surface area contributed by atoms with E-state index in [0.717, 1.165) is 19.6 Å². The van der Waals surface area contributed by atoms with Crippen LogP contribution in [-0.4, -0.2) is 50.0 Å². The zero-order valence-electron chi connectivity index (χ0n) is 10.0. The lowest BCUT2D eigenvalue weighted by atomic mass is 10.1. The Balaban J connectivity index is 2.32. The molecule has 2 atom stereocenters. The van der Waals surface area contributed by atoms with Gasteiger partial charge in [0.15, 0.2) is 0 Å². The number of ether oxygens (including phenoxy) is 2. The molecule has 1 saturated heterocycles. The number of likely N-dealkylation sites (N-methyl/N-ethyl adjacent to an activating group) is 1. The van der Waals surface area contributed by atoms with E-state index in [9.17, 15) is 0 Å². The second-order valence-corrected chi connectivity index (χ2v) is 5.11. The molecule has 0 unspecified atom stereocenters. The van der Waals surface area contributed by atoms with E-state index < -0.39 is 0 Å². The summed E-state index contributed by atoms with van der Waals surface area (Å²) in [7, 11) is 3.92. The molecule has 1 heterocycles. The molecule has 1 aliphatic heterocycles. The normalized spacial score (nSPS) is 29.8. The molecule has 3 heteroatoms. The minimum Gasteiger partial charge on any atom is -0.380 e. The van der Waals surface area contributed by atoms with Gasteiger partial charge in [-0.2, -0.15) is 0 Å². The molecule has 1 rings (SSSR count). The second kappa shape index (κ2) is 4.60. The van der Waals surface area contributed by atoms with Crippen LogP contribution in [0.25, 0.3) is 0 Å². The van der Waals surface area contributed by atoms with E-state index in [1.165, 1.54) is 0 Å². The number of hydrogen-bond donors (Lipinski definition) is 0. The molecule has 0 bridgehead atoms. The lowest BCUT2D eigenvalue weighted by Crippen LogP contribution is -2.33. The summed E-state index contributed by atoms with van der Waals surface area (Å²) in [6.07, 6.45) is 1.47. The first kappa shape index (κ1) is 12.0. The van der Waals surface area contributed by atoms with Crippen molar-refractivity contribution in [1.82, 2.24) is 4.90 Å². The minimum atomic E-state index is -0.0357. The van der Waals surface area contributed by atoms with Gasteiger partial charge in [0.25, 0.3) is 0 Å². The molecule has 1 fully saturated rings. The highest BCUT2D eigenvalue weighted by Gasteiger charge is 2.30. The van der Waals surface area contributed by atoms with Gasteiger partial charge in [-0.1, -0.05) is 0 Å². The minimum absolute atomic E-state index is 0.0357. The first-order valence-corrected chi connectivity index (χ1v) is 5.29. The van der Waals surface area contributed by atoms with Gasteiger partial charge in [0.05, 0.1) is 18.3 Å². The zero-order valence-corrected chi connectivity index (χ0v) is 10.0. The Morgan fingerprint density at radius 2 is 2.00 bits per heavy atom. The molecule has 3 nitrogen and oxygen atoms in total. The molecule has 0 aromatic heterocycles. The van der Waals surface area contributed by atoms with Crippen molar-refractivity contribution in [2.45, 2.75) is 44.9 Å². The lowest BCUT2D eigenvalue weighted by Gasteiger charge is -2.25. The monoisotopic (exact) mass is 201 g/mol. The molecule has 0 aromatic carbocycles. The van der Waals surface area contributed by atoms with Gasteiger partial charge < -0.3 is 9.47 Å². The quantitative estimate of drug-likeness (QED) is 0.691. The van der Waals surface area contributed by atoms with E-state index in [1.807, 2.05) is 0 Å². The van der Waals surface area contributed by atoms with Crippen LogP contribution in [0, 0.1) is 0 Å². The van der Waals surface area contributed by atoms with Crippen LogP contribution in [0.2, 0.25) is 0 Å². The smallest absolute Gasteiger partial charge is 0.0714 e. The maximum atomic E-state index is 5.78. The van der Waals surface area contributed by atoms with Crippen LogP contribution in [-0.2, 0) is 9.47 Å². The Kier molecular flexibility index (Phi) is 3.93. The summed E-state index contributed by atoms with van der Waals surface area (Å²) in [5, 5.41) is 0. The van der Waals surface area contributed by atoms with Gasteiger partial charge in [0.1, 0.15) is 0 Å². The highest BCUT2D eigenvalue weighted by molar-refractivity contribution is 4.84. The number of rotatable bonds is 3. The van der Waals surface area contributed by atoms with Crippen molar-refractivity contribution in [3.63, 3.8) is 0 Å². The lowest BCUT2D eigenvalue weighted by molar-refractivity contribution is -0.0255. The van der Waals surface area contributed by atoms with E-state index in [4.69, 9.17) is 9.47 Å². The predicted octanol–water partition coefficient (Wildman–Crippen LogP) is 1.52. The van der Waals surface area contributed by atoms with E-state index in [2.05, 4.69) is 32.7 Å². The van der Waals surface area contributed by atoms with Crippen LogP contribution in [0.15, 0.2) is 0 Å². The third kappa shape index (κ3) is 3.56. The predicted molar refractivity (Wildman–Crippen MR) is 57.5 cm³/mol. The summed E-state index contributed by atoms with van der Waals surface area (Å²) in [6, 6.07) is 0.513. The zero-order chi connectivity index (χ0) is 10.8. The summed E-state index contributed by atoms with van der Waals surface area (Å²) in [6.45, 7) is 8.11. The van der Waals surface area contributed by atoms with E-state index >= 15 is 0 Å². The van der Waals surface area contributed by atoms with Gasteiger partial charge in [-0.15, -0.1) is 0 Å². The molecule has 0 spiro atoms. The Labute approximate surface area is 87.4 Å². The average molecular weight is 201 g/mol. The van der Waals surface area contributed by atoms with Crippen molar-refractivity contribution in [1.29, 1.82) is 0 Å². The highest BCUT2D eigenvalue weighted by atomic mass is 16.5. The van der Waals surface area contributed by atoms with E-state index in [-0.39, 0.29) is 5.60 Å².